The van der Waals surface area contributed by atoms with E-state index in [1.54, 1.807) is 0 Å². The van der Waals surface area contributed by atoms with Crippen LogP contribution in [0.4, 0.5) is 21.6 Å². The van der Waals surface area contributed by atoms with Crippen molar-refractivity contribution in [2.45, 2.75) is 63.6 Å². The van der Waals surface area contributed by atoms with Gasteiger partial charge in [-0.25, -0.2) is 4.39 Å². The average molecular weight is 604 g/mol. The van der Waals surface area contributed by atoms with Gasteiger partial charge < -0.3 is 29.2 Å². The number of piperazine rings is 1. The second kappa shape index (κ2) is 12.9. The molecule has 12 heteroatoms. The molecular formula is C32H42FN9O2. The Balaban J connectivity index is 1.34. The quantitative estimate of drug-likeness (QED) is 0.439. The minimum atomic E-state index is -1.01. The highest BCUT2D eigenvalue weighted by Gasteiger charge is 2.35. The maximum absolute atomic E-state index is 13.8. The Kier molecular flexibility index (Phi) is 8.84. The van der Waals surface area contributed by atoms with Gasteiger partial charge in [0.05, 0.1) is 48.3 Å². The summed E-state index contributed by atoms with van der Waals surface area (Å²) in [6, 6.07) is 2.36. The summed E-state index contributed by atoms with van der Waals surface area (Å²) in [4.78, 5) is 37.7. The molecule has 11 nitrogen and oxygen atoms in total. The third kappa shape index (κ3) is 6.02. The van der Waals surface area contributed by atoms with E-state index in [1.165, 1.54) is 16.2 Å². The van der Waals surface area contributed by atoms with Crippen molar-refractivity contribution in [1.29, 1.82) is 5.26 Å². The molecule has 234 valence electrons. The van der Waals surface area contributed by atoms with Crippen molar-refractivity contribution in [3.63, 3.8) is 0 Å². The van der Waals surface area contributed by atoms with Gasteiger partial charge in [-0.3, -0.25) is 9.78 Å². The lowest BCUT2D eigenvalue weighted by Gasteiger charge is -2.41. The Morgan fingerprint density at radius 2 is 1.91 bits per heavy atom. The molecule has 0 bridgehead atoms. The Morgan fingerprint density at radius 3 is 2.68 bits per heavy atom. The monoisotopic (exact) mass is 603 g/mol. The van der Waals surface area contributed by atoms with E-state index in [1.807, 2.05) is 12.4 Å². The Labute approximate surface area is 258 Å². The van der Waals surface area contributed by atoms with E-state index in [2.05, 4.69) is 51.3 Å². The second-order valence-corrected chi connectivity index (χ2v) is 12.4. The van der Waals surface area contributed by atoms with Crippen LogP contribution in [0.1, 0.15) is 48.9 Å². The summed E-state index contributed by atoms with van der Waals surface area (Å²) in [7, 11) is 4.27. The molecule has 0 unspecified atom stereocenters. The number of hydrogen-bond donors (Lipinski definition) is 0. The van der Waals surface area contributed by atoms with Crippen molar-refractivity contribution >= 4 is 23.1 Å². The van der Waals surface area contributed by atoms with E-state index in [4.69, 9.17) is 14.7 Å². The van der Waals surface area contributed by atoms with Crippen LogP contribution in [-0.4, -0.2) is 103 Å². The summed E-state index contributed by atoms with van der Waals surface area (Å²) in [6.07, 6.45) is 10.1. The van der Waals surface area contributed by atoms with Crippen LogP contribution in [-0.2, 0) is 24.2 Å². The highest BCUT2D eigenvalue weighted by molar-refractivity contribution is 5.91. The zero-order chi connectivity index (χ0) is 30.8. The van der Waals surface area contributed by atoms with Gasteiger partial charge in [-0.2, -0.15) is 15.2 Å². The number of fused-ring (bicyclic) bond motifs is 2. The van der Waals surface area contributed by atoms with Crippen molar-refractivity contribution in [2.75, 3.05) is 74.7 Å². The SMILES string of the molecule is C=C(F)C(=O)N1CCN(c2nc(OC[C@@H]3CCCN3C)nc3c2CCCN(c2cncc4c2N(C)CCC4)C3)C[C@@H]1CC#N. The summed E-state index contributed by atoms with van der Waals surface area (Å²) >= 11 is 0. The van der Waals surface area contributed by atoms with Gasteiger partial charge in [-0.15, -0.1) is 0 Å². The summed E-state index contributed by atoms with van der Waals surface area (Å²) in [6.45, 7) is 8.32. The predicted molar refractivity (Wildman–Crippen MR) is 167 cm³/mol. The molecular weight excluding hydrogens is 561 g/mol. The maximum atomic E-state index is 13.8. The van der Waals surface area contributed by atoms with Crippen LogP contribution >= 0.6 is 0 Å². The van der Waals surface area contributed by atoms with Crippen LogP contribution in [0.5, 0.6) is 6.01 Å². The van der Waals surface area contributed by atoms with Crippen molar-refractivity contribution < 1.29 is 13.9 Å². The van der Waals surface area contributed by atoms with Crippen LogP contribution in [0.2, 0.25) is 0 Å². The number of likely N-dealkylation sites (tertiary alicyclic amines) is 1. The predicted octanol–water partition coefficient (Wildman–Crippen LogP) is 3.09. The van der Waals surface area contributed by atoms with Crippen LogP contribution in [0.25, 0.3) is 0 Å². The fourth-order valence-electron chi connectivity index (χ4n) is 7.19. The van der Waals surface area contributed by atoms with Crippen LogP contribution in [0, 0.1) is 11.3 Å². The Bertz CT molecular complexity index is 1450. The molecule has 6 rings (SSSR count). The summed E-state index contributed by atoms with van der Waals surface area (Å²) < 4.78 is 20.2. The number of carbonyl (C=O) groups excluding carboxylic acids is 1. The van der Waals surface area contributed by atoms with Gasteiger partial charge in [-0.05, 0) is 57.7 Å². The average Bonchev–Trinajstić information content (AvgIpc) is 3.31. The fraction of sp³-hybridized carbons (Fsp3) is 0.594. The normalized spacial score (nSPS) is 22.2. The first-order chi connectivity index (χ1) is 21.3. The van der Waals surface area contributed by atoms with E-state index in [9.17, 15) is 14.4 Å². The lowest BCUT2D eigenvalue weighted by atomic mass is 10.0. The number of ether oxygens (including phenoxy) is 1. The molecule has 4 aliphatic rings. The molecule has 0 N–H and O–H groups in total. The highest BCUT2D eigenvalue weighted by Crippen LogP contribution is 2.38. The van der Waals surface area contributed by atoms with Gasteiger partial charge in [0.1, 0.15) is 12.4 Å². The standard InChI is InChI=1S/C32H42FN9O2/c1-22(33)31(43)42-16-15-41(19-24(42)10-11-34)30-26-9-6-14-40(28-18-35-17-23-7-4-13-39(3)29(23)28)20-27(26)36-32(37-30)44-21-25-8-5-12-38(25)2/h17-18,24-25H,1,4-10,12-16,19-21H2,2-3H3/t24-,25-/m0/s1. The number of rotatable bonds is 7. The number of anilines is 3. The molecule has 2 aromatic heterocycles. The lowest BCUT2D eigenvalue weighted by Crippen LogP contribution is -2.55. The first kappa shape index (κ1) is 30.1. The summed E-state index contributed by atoms with van der Waals surface area (Å²) in [5.41, 5.74) is 5.64. The van der Waals surface area contributed by atoms with Gasteiger partial charge in [0.2, 0.25) is 0 Å². The molecule has 6 heterocycles. The van der Waals surface area contributed by atoms with E-state index in [0.717, 1.165) is 80.9 Å². The third-order valence-electron chi connectivity index (χ3n) is 9.56. The number of amides is 1. The number of likely N-dealkylation sites (N-methyl/N-ethyl adjacent to an activating group) is 1. The van der Waals surface area contributed by atoms with Gasteiger partial charge in [0, 0.05) is 57.6 Å². The molecule has 4 aliphatic heterocycles. The van der Waals surface area contributed by atoms with E-state index >= 15 is 0 Å². The van der Waals surface area contributed by atoms with Gasteiger partial charge in [0.25, 0.3) is 5.91 Å². The molecule has 0 aromatic carbocycles. The smallest absolute Gasteiger partial charge is 0.318 e. The number of aryl methyl sites for hydroxylation is 1. The minimum Gasteiger partial charge on any atom is -0.462 e. The van der Waals surface area contributed by atoms with E-state index < -0.39 is 17.8 Å². The molecule has 0 saturated carbocycles. The first-order valence-corrected chi connectivity index (χ1v) is 15.8. The van der Waals surface area contributed by atoms with Crippen LogP contribution < -0.4 is 19.4 Å². The number of nitrogens with zero attached hydrogens (tertiary/aromatic N) is 9. The number of hydrogen-bond acceptors (Lipinski definition) is 10. The lowest BCUT2D eigenvalue weighted by molar-refractivity contribution is -0.131. The number of carbonyl (C=O) groups is 1. The molecule has 0 spiro atoms. The van der Waals surface area contributed by atoms with Gasteiger partial charge >= 0.3 is 6.01 Å². The van der Waals surface area contributed by atoms with Crippen molar-refractivity contribution in [3.8, 4) is 12.1 Å². The molecule has 1 amide bonds. The fourth-order valence-corrected chi connectivity index (χ4v) is 7.19. The highest BCUT2D eigenvalue weighted by atomic mass is 19.1. The number of aromatic nitrogens is 3. The van der Waals surface area contributed by atoms with Crippen molar-refractivity contribution in [3.05, 3.63) is 41.6 Å². The molecule has 2 saturated heterocycles. The van der Waals surface area contributed by atoms with Crippen molar-refractivity contribution in [2.24, 2.45) is 0 Å². The van der Waals surface area contributed by atoms with E-state index in [0.29, 0.717) is 38.3 Å². The topological polar surface area (TPSA) is 105 Å². The second-order valence-electron chi connectivity index (χ2n) is 12.4. The van der Waals surface area contributed by atoms with E-state index in [-0.39, 0.29) is 13.0 Å². The Morgan fingerprint density at radius 1 is 1.07 bits per heavy atom. The molecule has 2 fully saturated rings. The summed E-state index contributed by atoms with van der Waals surface area (Å²) in [5.74, 6) is -0.976. The summed E-state index contributed by atoms with van der Waals surface area (Å²) in [5, 5.41) is 9.54. The zero-order valence-electron chi connectivity index (χ0n) is 25.8. The van der Waals surface area contributed by atoms with Gasteiger partial charge in [-0.1, -0.05) is 6.58 Å². The van der Waals surface area contributed by atoms with Crippen LogP contribution in [0.15, 0.2) is 24.8 Å². The number of nitriles is 1. The Hall–Kier alpha value is -3.98. The minimum absolute atomic E-state index is 0.0909. The molecule has 44 heavy (non-hydrogen) atoms. The molecule has 0 radical (unpaired) electrons. The van der Waals surface area contributed by atoms with Crippen LogP contribution in [0.3, 0.4) is 0 Å². The first-order valence-electron chi connectivity index (χ1n) is 15.8. The zero-order valence-corrected chi connectivity index (χ0v) is 25.8. The van der Waals surface area contributed by atoms with Gasteiger partial charge in [0.15, 0.2) is 5.83 Å². The maximum Gasteiger partial charge on any atom is 0.318 e. The third-order valence-corrected chi connectivity index (χ3v) is 9.56. The molecule has 2 aromatic rings. The molecule has 2 atom stereocenters. The van der Waals surface area contributed by atoms with Crippen molar-refractivity contribution in [1.82, 2.24) is 24.8 Å². The number of halogens is 1. The largest absolute Gasteiger partial charge is 0.462 e. The molecule has 0 aliphatic carbocycles. The number of pyridine rings is 1.